The van der Waals surface area contributed by atoms with E-state index in [0.717, 1.165) is 17.3 Å². The molecule has 2 aromatic rings. The SMILES string of the molecule is COc1ccc(-n2c(CCN)nnc2SCC[C@H]2CC2(F)F)cc1. The summed E-state index contributed by atoms with van der Waals surface area (Å²) < 4.78 is 33.1. The number of nitrogens with two attached hydrogens (primary N) is 1. The van der Waals surface area contributed by atoms with E-state index in [0.29, 0.717) is 30.3 Å². The molecule has 0 bridgehead atoms. The van der Waals surface area contributed by atoms with Crippen molar-refractivity contribution in [2.24, 2.45) is 11.7 Å². The lowest BCUT2D eigenvalue weighted by Gasteiger charge is -2.10. The minimum absolute atomic E-state index is 0.0111. The fourth-order valence-electron chi connectivity index (χ4n) is 2.55. The van der Waals surface area contributed by atoms with Gasteiger partial charge >= 0.3 is 0 Å². The molecule has 8 heteroatoms. The van der Waals surface area contributed by atoms with Gasteiger partial charge in [-0.2, -0.15) is 0 Å². The van der Waals surface area contributed by atoms with Crippen molar-refractivity contribution in [3.05, 3.63) is 30.1 Å². The van der Waals surface area contributed by atoms with E-state index in [-0.39, 0.29) is 6.42 Å². The zero-order chi connectivity index (χ0) is 17.2. The number of thioether (sulfide) groups is 1. The molecule has 1 heterocycles. The van der Waals surface area contributed by atoms with Crippen molar-refractivity contribution < 1.29 is 13.5 Å². The van der Waals surface area contributed by atoms with E-state index in [2.05, 4.69) is 10.2 Å². The lowest BCUT2D eigenvalue weighted by Crippen LogP contribution is -2.09. The first-order valence-corrected chi connectivity index (χ1v) is 8.83. The second-order valence-corrected chi connectivity index (χ2v) is 6.83. The molecular weight excluding hydrogens is 334 g/mol. The fourth-order valence-corrected chi connectivity index (χ4v) is 3.57. The number of methoxy groups -OCH3 is 1. The third kappa shape index (κ3) is 3.70. The Morgan fingerprint density at radius 2 is 2.04 bits per heavy atom. The first-order valence-electron chi connectivity index (χ1n) is 7.84. The van der Waals surface area contributed by atoms with Gasteiger partial charge in [-0.1, -0.05) is 11.8 Å². The summed E-state index contributed by atoms with van der Waals surface area (Å²) in [6.45, 7) is 0.466. The Morgan fingerprint density at radius 3 is 2.62 bits per heavy atom. The van der Waals surface area contributed by atoms with Crippen LogP contribution >= 0.6 is 11.8 Å². The van der Waals surface area contributed by atoms with Crippen molar-refractivity contribution in [2.75, 3.05) is 19.4 Å². The van der Waals surface area contributed by atoms with Crippen molar-refractivity contribution in [2.45, 2.75) is 30.3 Å². The Morgan fingerprint density at radius 1 is 1.33 bits per heavy atom. The fraction of sp³-hybridized carbons (Fsp3) is 0.500. The first kappa shape index (κ1) is 17.2. The average molecular weight is 354 g/mol. The van der Waals surface area contributed by atoms with E-state index in [1.807, 2.05) is 28.8 Å². The second kappa shape index (κ2) is 7.06. The van der Waals surface area contributed by atoms with Gasteiger partial charge in [-0.25, -0.2) is 8.78 Å². The lowest BCUT2D eigenvalue weighted by molar-refractivity contribution is 0.0983. The number of nitrogens with zero attached hydrogens (tertiary/aromatic N) is 3. The van der Waals surface area contributed by atoms with Crippen molar-refractivity contribution >= 4 is 11.8 Å². The third-order valence-electron chi connectivity index (χ3n) is 4.05. The van der Waals surface area contributed by atoms with Crippen LogP contribution in [0.15, 0.2) is 29.4 Å². The third-order valence-corrected chi connectivity index (χ3v) is 5.01. The van der Waals surface area contributed by atoms with Crippen LogP contribution in [0.1, 0.15) is 18.7 Å². The Bertz CT molecular complexity index is 690. The predicted octanol–water partition coefficient (Wildman–Crippen LogP) is 2.91. The van der Waals surface area contributed by atoms with Crippen LogP contribution < -0.4 is 10.5 Å². The van der Waals surface area contributed by atoms with E-state index in [4.69, 9.17) is 10.5 Å². The highest BCUT2D eigenvalue weighted by Gasteiger charge is 2.55. The number of hydrogen-bond acceptors (Lipinski definition) is 5. The first-order chi connectivity index (χ1) is 11.5. The molecule has 1 fully saturated rings. The summed E-state index contributed by atoms with van der Waals surface area (Å²) in [5.41, 5.74) is 6.56. The van der Waals surface area contributed by atoms with Crippen LogP contribution in [-0.4, -0.2) is 40.1 Å². The van der Waals surface area contributed by atoms with Crippen molar-refractivity contribution in [1.82, 2.24) is 14.8 Å². The Hall–Kier alpha value is -1.67. The minimum Gasteiger partial charge on any atom is -0.497 e. The van der Waals surface area contributed by atoms with Crippen LogP contribution in [0, 0.1) is 5.92 Å². The van der Waals surface area contributed by atoms with Gasteiger partial charge in [-0.05, 0) is 37.2 Å². The van der Waals surface area contributed by atoms with E-state index in [1.165, 1.54) is 11.8 Å². The Balaban J connectivity index is 1.75. The molecule has 0 amide bonds. The number of hydrogen-bond donors (Lipinski definition) is 1. The maximum atomic E-state index is 13.0. The molecule has 1 atom stereocenters. The summed E-state index contributed by atoms with van der Waals surface area (Å²) in [5, 5.41) is 9.11. The summed E-state index contributed by atoms with van der Waals surface area (Å²) in [5.74, 6) is -0.823. The monoisotopic (exact) mass is 354 g/mol. The Labute approximate surface area is 143 Å². The van der Waals surface area contributed by atoms with Crippen molar-refractivity contribution in [1.29, 1.82) is 0 Å². The van der Waals surface area contributed by atoms with Crippen LogP contribution in [0.5, 0.6) is 5.75 Å². The molecule has 1 saturated carbocycles. The van der Waals surface area contributed by atoms with Gasteiger partial charge in [0.05, 0.1) is 7.11 Å². The number of alkyl halides is 2. The molecule has 0 radical (unpaired) electrons. The maximum absolute atomic E-state index is 13.0. The van der Waals surface area contributed by atoms with Gasteiger partial charge in [-0.3, -0.25) is 4.57 Å². The zero-order valence-electron chi connectivity index (χ0n) is 13.4. The van der Waals surface area contributed by atoms with Crippen LogP contribution in [0.3, 0.4) is 0 Å². The van der Waals surface area contributed by atoms with E-state index >= 15 is 0 Å². The predicted molar refractivity (Wildman–Crippen MR) is 89.1 cm³/mol. The molecule has 1 aromatic heterocycles. The molecule has 1 aromatic carbocycles. The molecule has 1 aliphatic rings. The second-order valence-electron chi connectivity index (χ2n) is 5.77. The molecule has 2 N–H and O–H groups in total. The zero-order valence-corrected chi connectivity index (χ0v) is 14.2. The summed E-state index contributed by atoms with van der Waals surface area (Å²) in [7, 11) is 1.61. The quantitative estimate of drug-likeness (QED) is 0.739. The average Bonchev–Trinajstić information content (AvgIpc) is 3.00. The van der Waals surface area contributed by atoms with Crippen molar-refractivity contribution in [3.8, 4) is 11.4 Å². The number of rotatable bonds is 8. The van der Waals surface area contributed by atoms with Gasteiger partial charge < -0.3 is 10.5 Å². The smallest absolute Gasteiger partial charge is 0.251 e. The van der Waals surface area contributed by atoms with Crippen LogP contribution in [0.2, 0.25) is 0 Å². The van der Waals surface area contributed by atoms with E-state index in [1.54, 1.807) is 7.11 Å². The summed E-state index contributed by atoms with van der Waals surface area (Å²) >= 11 is 1.45. The molecule has 0 saturated heterocycles. The molecule has 3 rings (SSSR count). The maximum Gasteiger partial charge on any atom is 0.251 e. The van der Waals surface area contributed by atoms with Gasteiger partial charge in [0.2, 0.25) is 0 Å². The van der Waals surface area contributed by atoms with Gasteiger partial charge in [0.25, 0.3) is 5.92 Å². The van der Waals surface area contributed by atoms with E-state index < -0.39 is 11.8 Å². The summed E-state index contributed by atoms with van der Waals surface area (Å²) in [6.07, 6.45) is 1.09. The van der Waals surface area contributed by atoms with Gasteiger partial charge in [0, 0.05) is 30.2 Å². The normalized spacial score (nSPS) is 18.6. The number of ether oxygens (including phenoxy) is 1. The summed E-state index contributed by atoms with van der Waals surface area (Å²) in [4.78, 5) is 0. The van der Waals surface area contributed by atoms with Crippen LogP contribution in [-0.2, 0) is 6.42 Å². The molecule has 0 spiro atoms. The van der Waals surface area contributed by atoms with Gasteiger partial charge in [-0.15, -0.1) is 10.2 Å². The number of aromatic nitrogens is 3. The number of halogens is 2. The van der Waals surface area contributed by atoms with Crippen molar-refractivity contribution in [3.63, 3.8) is 0 Å². The molecule has 130 valence electrons. The highest BCUT2D eigenvalue weighted by atomic mass is 32.2. The topological polar surface area (TPSA) is 66.0 Å². The van der Waals surface area contributed by atoms with Gasteiger partial charge in [0.15, 0.2) is 5.16 Å². The summed E-state index contributed by atoms with van der Waals surface area (Å²) in [6, 6.07) is 7.56. The highest BCUT2D eigenvalue weighted by molar-refractivity contribution is 7.99. The minimum atomic E-state index is -2.46. The molecule has 24 heavy (non-hydrogen) atoms. The van der Waals surface area contributed by atoms with Crippen LogP contribution in [0.4, 0.5) is 8.78 Å². The van der Waals surface area contributed by atoms with E-state index in [9.17, 15) is 8.78 Å². The van der Waals surface area contributed by atoms with Crippen LogP contribution in [0.25, 0.3) is 5.69 Å². The molecule has 5 nitrogen and oxygen atoms in total. The standard InChI is InChI=1S/C16H20F2N4OS/c1-23-13-4-2-12(3-5-13)22-14(6-8-19)20-21-15(22)24-9-7-11-10-16(11,17)18/h2-5,11H,6-10,19H2,1H3/t11-/m0/s1. The molecule has 0 unspecified atom stereocenters. The molecular formula is C16H20F2N4OS. The largest absolute Gasteiger partial charge is 0.497 e. The molecule has 1 aliphatic carbocycles. The highest BCUT2D eigenvalue weighted by Crippen LogP contribution is 2.51. The molecule has 0 aliphatic heterocycles. The Kier molecular flexibility index (Phi) is 5.05. The lowest BCUT2D eigenvalue weighted by atomic mass is 10.3. The number of benzene rings is 1. The van der Waals surface area contributed by atoms with Gasteiger partial charge in [0.1, 0.15) is 11.6 Å².